The van der Waals surface area contributed by atoms with E-state index in [-0.39, 0.29) is 0 Å². The number of aliphatic hydroxyl groups is 1. The highest BCUT2D eigenvalue weighted by molar-refractivity contribution is 7.09. The fraction of sp³-hybridized carbons (Fsp3) is 0.176. The number of thiazole rings is 1. The quantitative estimate of drug-likeness (QED) is 0.796. The minimum absolute atomic E-state index is 0.516. The monoisotopic (exact) mass is 296 g/mol. The van der Waals surface area contributed by atoms with Crippen molar-refractivity contribution < 1.29 is 5.11 Å². The molecule has 3 aromatic rings. The van der Waals surface area contributed by atoms with Gasteiger partial charge in [0.05, 0.1) is 16.8 Å². The van der Waals surface area contributed by atoms with Crippen molar-refractivity contribution in [2.75, 3.05) is 0 Å². The average Bonchev–Trinajstić information content (AvgIpc) is 2.97. The Kier molecular flexibility index (Phi) is 4.08. The van der Waals surface area contributed by atoms with Gasteiger partial charge in [0.1, 0.15) is 0 Å². The van der Waals surface area contributed by atoms with Crippen molar-refractivity contribution in [2.24, 2.45) is 0 Å². The molecule has 3 nitrogen and oxygen atoms in total. The van der Waals surface area contributed by atoms with Crippen molar-refractivity contribution >= 4 is 11.3 Å². The standard InChI is InChI=1S/C17H16N2OS/c1-12-7-8-14(10-18-12)16(20)9-17-19-15(11-21-17)13-5-3-2-4-6-13/h2-8,10-11,16,20H,9H2,1H3. The van der Waals surface area contributed by atoms with Crippen molar-refractivity contribution in [1.82, 2.24) is 9.97 Å². The van der Waals surface area contributed by atoms with Gasteiger partial charge < -0.3 is 5.11 Å². The first-order valence-corrected chi connectivity index (χ1v) is 7.71. The zero-order valence-electron chi connectivity index (χ0n) is 11.7. The van der Waals surface area contributed by atoms with Crippen LogP contribution in [0, 0.1) is 6.92 Å². The molecule has 0 aliphatic rings. The second-order valence-corrected chi connectivity index (χ2v) is 5.89. The van der Waals surface area contributed by atoms with E-state index in [0.717, 1.165) is 27.5 Å². The highest BCUT2D eigenvalue weighted by atomic mass is 32.1. The van der Waals surface area contributed by atoms with Gasteiger partial charge in [-0.15, -0.1) is 11.3 Å². The van der Waals surface area contributed by atoms with Crippen molar-refractivity contribution in [3.63, 3.8) is 0 Å². The van der Waals surface area contributed by atoms with Crippen LogP contribution in [0.5, 0.6) is 0 Å². The van der Waals surface area contributed by atoms with Gasteiger partial charge in [-0.3, -0.25) is 4.98 Å². The lowest BCUT2D eigenvalue weighted by molar-refractivity contribution is 0.178. The molecule has 0 amide bonds. The summed E-state index contributed by atoms with van der Waals surface area (Å²) in [6.07, 6.45) is 1.68. The lowest BCUT2D eigenvalue weighted by Crippen LogP contribution is -2.02. The molecule has 0 radical (unpaired) electrons. The molecule has 2 heterocycles. The Bertz CT molecular complexity index is 707. The van der Waals surface area contributed by atoms with Crippen LogP contribution in [0.3, 0.4) is 0 Å². The number of pyridine rings is 1. The average molecular weight is 296 g/mol. The van der Waals surface area contributed by atoms with Gasteiger partial charge in [0.15, 0.2) is 0 Å². The molecule has 1 unspecified atom stereocenters. The Morgan fingerprint density at radius 1 is 1.14 bits per heavy atom. The van der Waals surface area contributed by atoms with Gasteiger partial charge in [0, 0.05) is 29.3 Å². The molecule has 1 atom stereocenters. The smallest absolute Gasteiger partial charge is 0.0961 e. The summed E-state index contributed by atoms with van der Waals surface area (Å²) in [6.45, 7) is 1.93. The van der Waals surface area contributed by atoms with Crippen LogP contribution in [0.1, 0.15) is 22.4 Å². The number of aliphatic hydroxyl groups excluding tert-OH is 1. The van der Waals surface area contributed by atoms with Gasteiger partial charge in [0.2, 0.25) is 0 Å². The van der Waals surface area contributed by atoms with E-state index in [1.54, 1.807) is 17.5 Å². The summed E-state index contributed by atoms with van der Waals surface area (Å²) >= 11 is 1.58. The van der Waals surface area contributed by atoms with Crippen LogP contribution in [0.2, 0.25) is 0 Å². The van der Waals surface area contributed by atoms with Crippen LogP contribution in [-0.4, -0.2) is 15.1 Å². The lowest BCUT2D eigenvalue weighted by atomic mass is 10.1. The zero-order valence-corrected chi connectivity index (χ0v) is 12.5. The zero-order chi connectivity index (χ0) is 14.7. The molecule has 0 spiro atoms. The SMILES string of the molecule is Cc1ccc(C(O)Cc2nc(-c3ccccc3)cs2)cn1. The molecule has 0 bridgehead atoms. The van der Waals surface area contributed by atoms with Crippen LogP contribution in [0.4, 0.5) is 0 Å². The molecule has 0 saturated carbocycles. The van der Waals surface area contributed by atoms with Crippen LogP contribution >= 0.6 is 11.3 Å². The molecule has 2 aromatic heterocycles. The summed E-state index contributed by atoms with van der Waals surface area (Å²) in [6, 6.07) is 13.9. The molecular weight excluding hydrogens is 280 g/mol. The predicted octanol–water partition coefficient (Wildman–Crippen LogP) is 3.79. The van der Waals surface area contributed by atoms with E-state index < -0.39 is 6.10 Å². The normalized spacial score (nSPS) is 12.3. The first-order chi connectivity index (χ1) is 10.2. The minimum atomic E-state index is -0.562. The van der Waals surface area contributed by atoms with E-state index >= 15 is 0 Å². The molecular formula is C17H16N2OS. The Balaban J connectivity index is 1.74. The molecule has 106 valence electrons. The molecule has 1 N–H and O–H groups in total. The number of rotatable bonds is 4. The third-order valence-corrected chi connectivity index (χ3v) is 4.18. The summed E-state index contributed by atoms with van der Waals surface area (Å²) in [5.74, 6) is 0. The molecule has 1 aromatic carbocycles. The summed E-state index contributed by atoms with van der Waals surface area (Å²) in [4.78, 5) is 8.82. The second kappa shape index (κ2) is 6.16. The maximum absolute atomic E-state index is 10.3. The first kappa shape index (κ1) is 13.9. The number of aromatic nitrogens is 2. The Morgan fingerprint density at radius 2 is 1.95 bits per heavy atom. The molecule has 0 saturated heterocycles. The summed E-state index contributed by atoms with van der Waals surface area (Å²) in [7, 11) is 0. The molecule has 0 fully saturated rings. The van der Waals surface area contributed by atoms with Gasteiger partial charge in [-0.25, -0.2) is 4.98 Å². The highest BCUT2D eigenvalue weighted by Crippen LogP contribution is 2.25. The number of nitrogens with zero attached hydrogens (tertiary/aromatic N) is 2. The topological polar surface area (TPSA) is 46.0 Å². The molecule has 0 aliphatic heterocycles. The van der Waals surface area contributed by atoms with Gasteiger partial charge in [0.25, 0.3) is 0 Å². The Labute approximate surface area is 128 Å². The molecule has 0 aliphatic carbocycles. The van der Waals surface area contributed by atoms with Crippen molar-refractivity contribution in [2.45, 2.75) is 19.4 Å². The predicted molar refractivity (Wildman–Crippen MR) is 85.2 cm³/mol. The van der Waals surface area contributed by atoms with Crippen molar-refractivity contribution in [3.8, 4) is 11.3 Å². The van der Waals surface area contributed by atoms with Crippen LogP contribution < -0.4 is 0 Å². The van der Waals surface area contributed by atoms with Crippen LogP contribution in [-0.2, 0) is 6.42 Å². The fourth-order valence-corrected chi connectivity index (χ4v) is 2.95. The molecule has 21 heavy (non-hydrogen) atoms. The first-order valence-electron chi connectivity index (χ1n) is 6.83. The highest BCUT2D eigenvalue weighted by Gasteiger charge is 2.12. The maximum Gasteiger partial charge on any atom is 0.0961 e. The van der Waals surface area contributed by atoms with Gasteiger partial charge in [-0.1, -0.05) is 36.4 Å². The van der Waals surface area contributed by atoms with Gasteiger partial charge >= 0.3 is 0 Å². The largest absolute Gasteiger partial charge is 0.388 e. The fourth-order valence-electron chi connectivity index (χ4n) is 2.11. The van der Waals surface area contributed by atoms with E-state index in [9.17, 15) is 5.11 Å². The lowest BCUT2D eigenvalue weighted by Gasteiger charge is -2.08. The van der Waals surface area contributed by atoms with Gasteiger partial charge in [-0.05, 0) is 18.6 Å². The summed E-state index contributed by atoms with van der Waals surface area (Å²) in [5.41, 5.74) is 3.85. The third kappa shape index (κ3) is 3.35. The maximum atomic E-state index is 10.3. The second-order valence-electron chi connectivity index (χ2n) is 4.95. The van der Waals surface area contributed by atoms with Crippen LogP contribution in [0.25, 0.3) is 11.3 Å². The van der Waals surface area contributed by atoms with E-state index in [2.05, 4.69) is 9.97 Å². The Morgan fingerprint density at radius 3 is 2.67 bits per heavy atom. The number of hydrogen-bond donors (Lipinski definition) is 1. The van der Waals surface area contributed by atoms with Crippen molar-refractivity contribution in [3.05, 3.63) is 70.3 Å². The number of aryl methyl sites for hydroxylation is 1. The summed E-state index contributed by atoms with van der Waals surface area (Å²) in [5, 5.41) is 13.2. The van der Waals surface area contributed by atoms with Crippen molar-refractivity contribution in [1.29, 1.82) is 0 Å². The van der Waals surface area contributed by atoms with Crippen LogP contribution in [0.15, 0.2) is 54.0 Å². The van der Waals surface area contributed by atoms with E-state index in [4.69, 9.17) is 0 Å². The number of benzene rings is 1. The minimum Gasteiger partial charge on any atom is -0.388 e. The molecule has 4 heteroatoms. The third-order valence-electron chi connectivity index (χ3n) is 3.31. The van der Waals surface area contributed by atoms with E-state index in [1.165, 1.54) is 0 Å². The Hall–Kier alpha value is -2.04. The van der Waals surface area contributed by atoms with E-state index in [1.807, 2.05) is 54.8 Å². The van der Waals surface area contributed by atoms with Gasteiger partial charge in [-0.2, -0.15) is 0 Å². The molecule has 3 rings (SSSR count). The van der Waals surface area contributed by atoms with E-state index in [0.29, 0.717) is 6.42 Å². The summed E-state index contributed by atoms with van der Waals surface area (Å²) < 4.78 is 0. The number of hydrogen-bond acceptors (Lipinski definition) is 4.